The van der Waals surface area contributed by atoms with E-state index in [1.54, 1.807) is 23.5 Å². The summed E-state index contributed by atoms with van der Waals surface area (Å²) in [5.74, 6) is 0.115. The van der Waals surface area contributed by atoms with Gasteiger partial charge in [-0.3, -0.25) is 9.59 Å². The van der Waals surface area contributed by atoms with E-state index in [0.29, 0.717) is 36.8 Å². The van der Waals surface area contributed by atoms with Crippen molar-refractivity contribution in [1.29, 1.82) is 0 Å². The van der Waals surface area contributed by atoms with Gasteiger partial charge >= 0.3 is 0 Å². The van der Waals surface area contributed by atoms with Crippen LogP contribution in [0.15, 0.2) is 55.1 Å². The molecular formula is C33H40FN5O2. The van der Waals surface area contributed by atoms with Crippen LogP contribution in [-0.4, -0.2) is 68.8 Å². The molecule has 1 aromatic carbocycles. The summed E-state index contributed by atoms with van der Waals surface area (Å²) in [4.78, 5) is 35.3. The van der Waals surface area contributed by atoms with Crippen molar-refractivity contribution >= 4 is 17.3 Å². The molecule has 7 rings (SSSR count). The maximum atomic E-state index is 14.5. The fourth-order valence-electron chi connectivity index (χ4n) is 7.26. The Morgan fingerprint density at radius 2 is 1.93 bits per heavy atom. The molecule has 0 unspecified atom stereocenters. The number of benzene rings is 1. The summed E-state index contributed by atoms with van der Waals surface area (Å²) < 4.78 is 16.5. The van der Waals surface area contributed by atoms with Crippen molar-refractivity contribution in [3.63, 3.8) is 0 Å². The van der Waals surface area contributed by atoms with Gasteiger partial charge in [0, 0.05) is 49.4 Å². The lowest BCUT2D eigenvalue weighted by molar-refractivity contribution is -0.137. The van der Waals surface area contributed by atoms with Gasteiger partial charge in [-0.2, -0.15) is 0 Å². The van der Waals surface area contributed by atoms with E-state index in [2.05, 4.69) is 29.1 Å². The summed E-state index contributed by atoms with van der Waals surface area (Å²) in [6.07, 6.45) is 10.6. The van der Waals surface area contributed by atoms with Gasteiger partial charge in [0.1, 0.15) is 5.82 Å². The van der Waals surface area contributed by atoms with Crippen molar-refractivity contribution in [2.24, 2.45) is 5.92 Å². The fourth-order valence-corrected chi connectivity index (χ4v) is 7.26. The maximum Gasteiger partial charge on any atom is 0.254 e. The monoisotopic (exact) mass is 557 g/mol. The third-order valence-electron chi connectivity index (χ3n) is 9.49. The number of aromatic nitrogens is 2. The van der Waals surface area contributed by atoms with Crippen LogP contribution in [0.2, 0.25) is 0 Å². The fraction of sp³-hybridized carbons (Fsp3) is 0.485. The summed E-state index contributed by atoms with van der Waals surface area (Å²) in [5.41, 5.74) is 5.16. The largest absolute Gasteiger partial charge is 0.341 e. The minimum atomic E-state index is -0.432. The number of hydrogen-bond acceptors (Lipinski definition) is 4. The first kappa shape index (κ1) is 27.6. The Balaban J connectivity index is 1.27. The van der Waals surface area contributed by atoms with Crippen LogP contribution in [0, 0.1) is 11.7 Å². The number of imidazole rings is 1. The average molecular weight is 558 g/mol. The molecule has 0 radical (unpaired) electrons. The number of amides is 2. The maximum absolute atomic E-state index is 14.5. The Bertz CT molecular complexity index is 1490. The highest BCUT2D eigenvalue weighted by molar-refractivity contribution is 6.03. The van der Waals surface area contributed by atoms with Crippen LogP contribution >= 0.6 is 0 Å². The van der Waals surface area contributed by atoms with E-state index in [1.807, 2.05) is 30.1 Å². The second kappa shape index (κ2) is 11.0. The minimum Gasteiger partial charge on any atom is -0.341 e. The van der Waals surface area contributed by atoms with E-state index < -0.39 is 5.82 Å². The number of hydrogen-bond donors (Lipinski definition) is 1. The highest BCUT2D eigenvalue weighted by atomic mass is 19.1. The topological polar surface area (TPSA) is 70.0 Å². The number of rotatable bonds is 6. The lowest BCUT2D eigenvalue weighted by atomic mass is 9.73. The molecular weight excluding hydrogens is 517 g/mol. The number of carbonyl (C=O) groups excluding carboxylic acids is 2. The van der Waals surface area contributed by atoms with Crippen molar-refractivity contribution in [1.82, 2.24) is 24.5 Å². The smallest absolute Gasteiger partial charge is 0.254 e. The molecule has 3 atom stereocenters. The highest BCUT2D eigenvalue weighted by Crippen LogP contribution is 2.39. The Hall–Kier alpha value is -3.52. The van der Waals surface area contributed by atoms with Gasteiger partial charge in [0.05, 0.1) is 29.6 Å². The second-order valence-electron chi connectivity index (χ2n) is 12.2. The van der Waals surface area contributed by atoms with E-state index in [4.69, 9.17) is 0 Å². The van der Waals surface area contributed by atoms with Crippen molar-refractivity contribution in [3.8, 4) is 11.1 Å². The lowest BCUT2D eigenvalue weighted by Crippen LogP contribution is -2.60. The number of nitrogens with zero attached hydrogens (tertiary/aromatic N) is 4. The van der Waals surface area contributed by atoms with Gasteiger partial charge in [0.15, 0.2) is 0 Å². The Kier molecular flexibility index (Phi) is 7.45. The van der Waals surface area contributed by atoms with Crippen LogP contribution in [0.5, 0.6) is 0 Å². The molecule has 4 aliphatic rings. The third kappa shape index (κ3) is 5.07. The van der Waals surface area contributed by atoms with Crippen molar-refractivity contribution in [2.75, 3.05) is 19.6 Å². The first-order valence-electron chi connectivity index (χ1n) is 15.0. The molecule has 5 heterocycles. The van der Waals surface area contributed by atoms with Gasteiger partial charge in [0.2, 0.25) is 5.91 Å². The molecule has 2 bridgehead atoms. The number of piperidine rings is 3. The van der Waals surface area contributed by atoms with Crippen LogP contribution in [0.4, 0.5) is 4.39 Å². The molecule has 2 aromatic heterocycles. The Morgan fingerprint density at radius 3 is 2.61 bits per heavy atom. The molecule has 41 heavy (non-hydrogen) atoms. The molecule has 0 spiro atoms. The molecule has 1 aliphatic carbocycles. The van der Waals surface area contributed by atoms with Gasteiger partial charge in [-0.15, -0.1) is 0 Å². The first-order valence-corrected chi connectivity index (χ1v) is 15.0. The summed E-state index contributed by atoms with van der Waals surface area (Å²) in [5, 5.41) is 3.58. The SMILES string of the molecule is C=C1C[C@@H]2CC[C@H]1[C@@H](C(=O)N1CCC(c3cc(-c4ccc(F)cc4C(=O)N(CC)C(C)C)c4cncn4c3)CC1)N2. The normalized spacial score (nSPS) is 23.0. The number of nitrogens with one attached hydrogen (secondary N) is 1. The number of halogens is 1. The molecule has 1 N–H and O–H groups in total. The molecule has 8 heteroatoms. The molecule has 4 fully saturated rings. The van der Waals surface area contributed by atoms with Crippen LogP contribution in [0.25, 0.3) is 16.6 Å². The second-order valence-corrected chi connectivity index (χ2v) is 12.2. The van der Waals surface area contributed by atoms with E-state index in [0.717, 1.165) is 48.7 Å². The minimum absolute atomic E-state index is 0.00473. The summed E-state index contributed by atoms with van der Waals surface area (Å²) in [7, 11) is 0. The van der Waals surface area contributed by atoms with Crippen LogP contribution < -0.4 is 5.32 Å². The number of fused-ring (bicyclic) bond motifs is 4. The van der Waals surface area contributed by atoms with Crippen LogP contribution in [0.3, 0.4) is 0 Å². The van der Waals surface area contributed by atoms with Crippen molar-refractivity contribution in [2.45, 2.75) is 76.9 Å². The van der Waals surface area contributed by atoms with Crippen LogP contribution in [-0.2, 0) is 4.79 Å². The molecule has 3 aromatic rings. The standard InChI is InChI=1S/C33H40FN5O2/c1-5-39(20(2)3)32(40)29-16-24(34)6-8-27(29)28-15-23(18-38-19-35-17-30(28)38)22-10-12-37(13-11-22)33(41)31-26-9-7-25(36-31)14-21(26)4/h6,8,15-20,22,25-26,31,36H,4-5,7,9-14H2,1-3H3/t25-,26+,31-/m0/s1. The highest BCUT2D eigenvalue weighted by Gasteiger charge is 2.43. The molecule has 1 saturated carbocycles. The van der Waals surface area contributed by atoms with Gasteiger partial charge in [-0.1, -0.05) is 18.2 Å². The summed E-state index contributed by atoms with van der Waals surface area (Å²) >= 11 is 0. The zero-order valence-electron chi connectivity index (χ0n) is 24.3. The summed E-state index contributed by atoms with van der Waals surface area (Å²) in [6, 6.07) is 6.86. The molecule has 216 valence electrons. The van der Waals surface area contributed by atoms with Crippen LogP contribution in [0.1, 0.15) is 74.7 Å². The van der Waals surface area contributed by atoms with E-state index in [1.165, 1.54) is 17.7 Å². The van der Waals surface area contributed by atoms with Gasteiger partial charge in [-0.25, -0.2) is 9.37 Å². The number of likely N-dealkylation sites (tertiary alicyclic amines) is 1. The lowest BCUT2D eigenvalue weighted by Gasteiger charge is -2.46. The average Bonchev–Trinajstić information content (AvgIpc) is 3.45. The number of pyridine rings is 1. The predicted octanol–water partition coefficient (Wildman–Crippen LogP) is 5.41. The third-order valence-corrected chi connectivity index (χ3v) is 9.49. The van der Waals surface area contributed by atoms with E-state index in [-0.39, 0.29) is 35.7 Å². The zero-order valence-corrected chi connectivity index (χ0v) is 24.3. The van der Waals surface area contributed by atoms with Gasteiger partial charge < -0.3 is 19.5 Å². The predicted molar refractivity (Wildman–Crippen MR) is 158 cm³/mol. The summed E-state index contributed by atoms with van der Waals surface area (Å²) in [6.45, 7) is 12.1. The van der Waals surface area contributed by atoms with Gasteiger partial charge in [0.25, 0.3) is 5.91 Å². The molecule has 2 amide bonds. The Morgan fingerprint density at radius 1 is 1.15 bits per heavy atom. The first-order chi connectivity index (χ1) is 19.7. The molecule has 7 nitrogen and oxygen atoms in total. The molecule has 3 aliphatic heterocycles. The van der Waals surface area contributed by atoms with Crippen molar-refractivity contribution < 1.29 is 14.0 Å². The Labute approximate surface area is 241 Å². The number of carbonyl (C=O) groups is 2. The van der Waals surface area contributed by atoms with E-state index in [9.17, 15) is 14.0 Å². The molecule has 3 saturated heterocycles. The zero-order chi connectivity index (χ0) is 28.8. The quantitative estimate of drug-likeness (QED) is 0.412. The van der Waals surface area contributed by atoms with E-state index >= 15 is 0 Å². The van der Waals surface area contributed by atoms with Gasteiger partial charge in [-0.05, 0) is 88.1 Å². The van der Waals surface area contributed by atoms with Crippen molar-refractivity contribution in [3.05, 3.63) is 72.1 Å².